The molecule has 5 nitrogen and oxygen atoms in total. The Morgan fingerprint density at radius 1 is 1.09 bits per heavy atom. The van der Waals surface area contributed by atoms with Crippen molar-refractivity contribution >= 4 is 17.4 Å². The number of amides is 2. The van der Waals surface area contributed by atoms with Crippen molar-refractivity contribution < 1.29 is 4.79 Å². The van der Waals surface area contributed by atoms with Gasteiger partial charge in [-0.15, -0.1) is 0 Å². The summed E-state index contributed by atoms with van der Waals surface area (Å²) in [5.41, 5.74) is 2.07. The molecule has 0 atom stereocenters. The van der Waals surface area contributed by atoms with Crippen LogP contribution in [0.4, 0.5) is 16.2 Å². The van der Waals surface area contributed by atoms with Crippen LogP contribution >= 0.6 is 0 Å². The van der Waals surface area contributed by atoms with E-state index < -0.39 is 0 Å². The van der Waals surface area contributed by atoms with Crippen molar-refractivity contribution in [3.8, 4) is 0 Å². The molecule has 0 unspecified atom stereocenters. The van der Waals surface area contributed by atoms with Crippen molar-refractivity contribution in [3.63, 3.8) is 0 Å². The molecule has 1 aliphatic heterocycles. The largest absolute Gasteiger partial charge is 0.372 e. The molecular weight excluding hydrogens is 288 g/mol. The van der Waals surface area contributed by atoms with Gasteiger partial charge in [-0.05, 0) is 51.0 Å². The smallest absolute Gasteiger partial charge is 0.321 e. The summed E-state index contributed by atoms with van der Waals surface area (Å²) in [5.74, 6) is 0. The zero-order valence-corrected chi connectivity index (χ0v) is 14.3. The van der Waals surface area contributed by atoms with Crippen LogP contribution in [-0.2, 0) is 0 Å². The van der Waals surface area contributed by atoms with Crippen LogP contribution in [0, 0.1) is 0 Å². The number of carbonyl (C=O) groups excluding carboxylic acids is 1. The Hall–Kier alpha value is -1.75. The highest BCUT2D eigenvalue weighted by atomic mass is 16.2. The van der Waals surface area contributed by atoms with Gasteiger partial charge in [0.25, 0.3) is 0 Å². The first kappa shape index (κ1) is 16.1. The van der Waals surface area contributed by atoms with E-state index in [1.54, 1.807) is 0 Å². The molecule has 1 heterocycles. The summed E-state index contributed by atoms with van der Waals surface area (Å²) in [7, 11) is 0. The predicted molar refractivity (Wildman–Crippen MR) is 95.2 cm³/mol. The number of piperazine rings is 1. The molecule has 2 fully saturated rings. The summed E-state index contributed by atoms with van der Waals surface area (Å²) >= 11 is 0. The van der Waals surface area contributed by atoms with Gasteiger partial charge in [0.1, 0.15) is 0 Å². The van der Waals surface area contributed by atoms with E-state index in [9.17, 15) is 4.79 Å². The average molecular weight is 316 g/mol. The fourth-order valence-corrected chi connectivity index (χ4v) is 3.28. The molecule has 1 aromatic carbocycles. The van der Waals surface area contributed by atoms with E-state index in [-0.39, 0.29) is 6.03 Å². The summed E-state index contributed by atoms with van der Waals surface area (Å²) in [4.78, 5) is 19.1. The van der Waals surface area contributed by atoms with Crippen LogP contribution in [0.3, 0.4) is 0 Å². The van der Waals surface area contributed by atoms with E-state index in [4.69, 9.17) is 0 Å². The first-order valence-corrected chi connectivity index (χ1v) is 8.86. The maximum Gasteiger partial charge on any atom is 0.321 e. The Balaban J connectivity index is 1.51. The fraction of sp³-hybridized carbons (Fsp3) is 0.611. The van der Waals surface area contributed by atoms with Crippen molar-refractivity contribution in [2.45, 2.75) is 32.7 Å². The van der Waals surface area contributed by atoms with E-state index in [0.29, 0.717) is 0 Å². The maximum absolute atomic E-state index is 12.4. The quantitative estimate of drug-likeness (QED) is 0.908. The van der Waals surface area contributed by atoms with Gasteiger partial charge in [0, 0.05) is 56.7 Å². The summed E-state index contributed by atoms with van der Waals surface area (Å²) in [6.07, 6.45) is 2.68. The van der Waals surface area contributed by atoms with E-state index in [2.05, 4.69) is 41.1 Å². The number of nitrogens with one attached hydrogen (secondary N) is 1. The highest BCUT2D eigenvalue weighted by Crippen LogP contribution is 2.27. The van der Waals surface area contributed by atoms with Gasteiger partial charge in [-0.25, -0.2) is 4.79 Å². The molecule has 126 valence electrons. The molecule has 0 aromatic heterocycles. The van der Waals surface area contributed by atoms with Crippen molar-refractivity contribution in [2.75, 3.05) is 49.5 Å². The highest BCUT2D eigenvalue weighted by Gasteiger charge is 2.32. The molecule has 1 aromatic rings. The zero-order chi connectivity index (χ0) is 16.2. The average Bonchev–Trinajstić information content (AvgIpc) is 3.42. The van der Waals surface area contributed by atoms with Gasteiger partial charge >= 0.3 is 6.03 Å². The maximum atomic E-state index is 12.4. The van der Waals surface area contributed by atoms with Gasteiger partial charge in [-0.1, -0.05) is 0 Å². The molecule has 1 N–H and O–H groups in total. The highest BCUT2D eigenvalue weighted by molar-refractivity contribution is 5.89. The standard InChI is InChI=1S/C18H28N4O/c1-3-20(4-2)16-7-5-15(6-8-16)19-18(23)22-13-11-21(12-14-22)17-9-10-17/h5-8,17H,3-4,9-14H2,1-2H3,(H,19,23). The predicted octanol–water partition coefficient (Wildman–Crippen LogP) is 2.84. The Morgan fingerprint density at radius 2 is 1.70 bits per heavy atom. The number of nitrogens with zero attached hydrogens (tertiary/aromatic N) is 3. The summed E-state index contributed by atoms with van der Waals surface area (Å²) in [5, 5.41) is 3.02. The van der Waals surface area contributed by atoms with Gasteiger partial charge in [-0.2, -0.15) is 0 Å². The normalized spacial score (nSPS) is 18.8. The van der Waals surface area contributed by atoms with Crippen LogP contribution < -0.4 is 10.2 Å². The van der Waals surface area contributed by atoms with Gasteiger partial charge in [-0.3, -0.25) is 4.90 Å². The third-order valence-electron chi connectivity index (χ3n) is 4.91. The van der Waals surface area contributed by atoms with E-state index in [1.807, 2.05) is 17.0 Å². The third kappa shape index (κ3) is 3.96. The molecule has 0 radical (unpaired) electrons. The van der Waals surface area contributed by atoms with Crippen molar-refractivity contribution in [2.24, 2.45) is 0 Å². The van der Waals surface area contributed by atoms with Gasteiger partial charge < -0.3 is 15.1 Å². The number of carbonyl (C=O) groups is 1. The molecule has 2 amide bonds. The second kappa shape index (κ2) is 7.21. The summed E-state index contributed by atoms with van der Waals surface area (Å²) in [6.45, 7) is 9.99. The first-order valence-electron chi connectivity index (χ1n) is 8.86. The van der Waals surface area contributed by atoms with Gasteiger partial charge in [0.2, 0.25) is 0 Å². The lowest BCUT2D eigenvalue weighted by Gasteiger charge is -2.34. The number of rotatable bonds is 5. The summed E-state index contributed by atoms with van der Waals surface area (Å²) < 4.78 is 0. The van der Waals surface area contributed by atoms with Crippen LogP contribution in [0.15, 0.2) is 24.3 Å². The fourth-order valence-electron chi connectivity index (χ4n) is 3.28. The molecule has 3 rings (SSSR count). The minimum atomic E-state index is 0.0241. The Labute approximate surface area is 139 Å². The molecular formula is C18H28N4O. The second-order valence-electron chi connectivity index (χ2n) is 6.40. The SMILES string of the molecule is CCN(CC)c1ccc(NC(=O)N2CCN(C3CC3)CC2)cc1. The van der Waals surface area contributed by atoms with Crippen molar-refractivity contribution in [3.05, 3.63) is 24.3 Å². The van der Waals surface area contributed by atoms with Crippen LogP contribution in [0.25, 0.3) is 0 Å². The molecule has 23 heavy (non-hydrogen) atoms. The lowest BCUT2D eigenvalue weighted by molar-refractivity contribution is 0.142. The molecule has 1 aliphatic carbocycles. The summed E-state index contributed by atoms with van der Waals surface area (Å²) in [6, 6.07) is 8.96. The van der Waals surface area contributed by atoms with Crippen LogP contribution in [0.1, 0.15) is 26.7 Å². The lowest BCUT2D eigenvalue weighted by atomic mass is 10.2. The van der Waals surface area contributed by atoms with E-state index in [0.717, 1.165) is 51.0 Å². The van der Waals surface area contributed by atoms with Gasteiger partial charge in [0.05, 0.1) is 0 Å². The molecule has 2 aliphatic rings. The molecule has 1 saturated heterocycles. The van der Waals surface area contributed by atoms with E-state index in [1.165, 1.54) is 18.5 Å². The van der Waals surface area contributed by atoms with Crippen LogP contribution in [0.2, 0.25) is 0 Å². The van der Waals surface area contributed by atoms with Crippen molar-refractivity contribution in [1.82, 2.24) is 9.80 Å². The number of anilines is 2. The number of benzene rings is 1. The topological polar surface area (TPSA) is 38.8 Å². The monoisotopic (exact) mass is 316 g/mol. The van der Waals surface area contributed by atoms with Crippen LogP contribution in [-0.4, -0.2) is 61.1 Å². The van der Waals surface area contributed by atoms with Crippen LogP contribution in [0.5, 0.6) is 0 Å². The van der Waals surface area contributed by atoms with Crippen molar-refractivity contribution in [1.29, 1.82) is 0 Å². The molecule has 0 bridgehead atoms. The molecule has 0 spiro atoms. The van der Waals surface area contributed by atoms with Gasteiger partial charge in [0.15, 0.2) is 0 Å². The van der Waals surface area contributed by atoms with E-state index >= 15 is 0 Å². The molecule has 5 heteroatoms. The zero-order valence-electron chi connectivity index (χ0n) is 14.3. The number of hydrogen-bond donors (Lipinski definition) is 1. The first-order chi connectivity index (χ1) is 11.2. The third-order valence-corrected chi connectivity index (χ3v) is 4.91. The minimum Gasteiger partial charge on any atom is -0.372 e. The Bertz CT molecular complexity index is 514. The Morgan fingerprint density at radius 3 is 2.22 bits per heavy atom. The Kier molecular flexibility index (Phi) is 5.06. The number of hydrogen-bond acceptors (Lipinski definition) is 3. The molecule has 1 saturated carbocycles. The number of urea groups is 1. The minimum absolute atomic E-state index is 0.0241. The lowest BCUT2D eigenvalue weighted by Crippen LogP contribution is -2.50. The second-order valence-corrected chi connectivity index (χ2v) is 6.40.